The van der Waals surface area contributed by atoms with Gasteiger partial charge in [-0.05, 0) is 0 Å². The molecule has 0 radical (unpaired) electrons. The Morgan fingerprint density at radius 2 is 2.05 bits per heavy atom. The molecule has 6 heteroatoms. The maximum absolute atomic E-state index is 6.06. The van der Waals surface area contributed by atoms with E-state index in [1.165, 1.54) is 10.9 Å². The van der Waals surface area contributed by atoms with E-state index in [0.717, 1.165) is 55.3 Å². The number of aryl methyl sites for hydroxylation is 1. The van der Waals surface area contributed by atoms with Crippen molar-refractivity contribution in [3.8, 4) is 0 Å². The Labute approximate surface area is 132 Å². The molecule has 0 aliphatic carbocycles. The first-order chi connectivity index (χ1) is 9.74. The van der Waals surface area contributed by atoms with E-state index >= 15 is 0 Å². The molecule has 1 saturated heterocycles. The van der Waals surface area contributed by atoms with Crippen molar-refractivity contribution < 1.29 is 4.74 Å². The van der Waals surface area contributed by atoms with Crippen LogP contribution in [-0.2, 0) is 11.3 Å². The predicted octanol–water partition coefficient (Wildman–Crippen LogP) is 0.670. The van der Waals surface area contributed by atoms with Crippen molar-refractivity contribution in [3.05, 3.63) is 23.2 Å². The molecule has 0 spiro atoms. The molecule has 2 heterocycles. The van der Waals surface area contributed by atoms with Gasteiger partial charge in [0.2, 0.25) is 0 Å². The number of ether oxygens (including phenoxy) is 1. The third-order valence-electron chi connectivity index (χ3n) is 3.69. The first kappa shape index (κ1) is 14.4. The van der Waals surface area contributed by atoms with E-state index in [9.17, 15) is 0 Å². The molecule has 1 aliphatic heterocycles. The van der Waals surface area contributed by atoms with Crippen LogP contribution in [0.4, 0.5) is 0 Å². The Bertz CT molecular complexity index is 595. The topological polar surface area (TPSA) is 30.3 Å². The number of benzene rings is 1. The molecule has 108 valence electrons. The fourth-order valence-electron chi connectivity index (χ4n) is 2.62. The van der Waals surface area contributed by atoms with Crippen LogP contribution in [0.15, 0.2) is 18.2 Å². The van der Waals surface area contributed by atoms with Crippen LogP contribution >= 0.6 is 11.6 Å². The Balaban J connectivity index is 1.65. The van der Waals surface area contributed by atoms with Crippen molar-refractivity contribution in [2.45, 2.75) is 13.0 Å². The van der Waals surface area contributed by atoms with Gasteiger partial charge in [-0.1, -0.05) is 0 Å². The van der Waals surface area contributed by atoms with E-state index in [2.05, 4.69) is 20.7 Å². The first-order valence-corrected chi connectivity index (χ1v) is 8.54. The quantitative estimate of drug-likeness (QED) is 0.755. The Morgan fingerprint density at radius 3 is 2.85 bits per heavy atom. The van der Waals surface area contributed by atoms with Gasteiger partial charge < -0.3 is 0 Å². The van der Waals surface area contributed by atoms with E-state index in [0.29, 0.717) is 0 Å². The summed E-state index contributed by atoms with van der Waals surface area (Å²) in [5.41, 5.74) is 1.19. The molecule has 1 unspecified atom stereocenters. The SMILES string of the molecule is Clc1ccc2c(c1)c([AsH2])nn2CCCN1CCOCC1. The molecular formula is C14H19AsClN3O. The predicted molar refractivity (Wildman–Crippen MR) is 84.8 cm³/mol. The zero-order valence-corrected chi connectivity index (χ0v) is 14.6. The molecule has 1 aromatic heterocycles. The number of hydrogen-bond acceptors (Lipinski definition) is 3. The number of hydrogen-bond donors (Lipinski definition) is 0. The van der Waals surface area contributed by atoms with Crippen LogP contribution in [0.3, 0.4) is 0 Å². The molecular weight excluding hydrogens is 337 g/mol. The second-order valence-electron chi connectivity index (χ2n) is 5.08. The minimum absolute atomic E-state index is 0.782. The van der Waals surface area contributed by atoms with Gasteiger partial charge in [0.1, 0.15) is 0 Å². The van der Waals surface area contributed by atoms with Crippen LogP contribution < -0.4 is 4.48 Å². The van der Waals surface area contributed by atoms with Gasteiger partial charge in [-0.25, -0.2) is 0 Å². The van der Waals surface area contributed by atoms with Gasteiger partial charge in [-0.3, -0.25) is 0 Å². The summed E-state index contributed by atoms with van der Waals surface area (Å²) in [6.07, 6.45) is 1.12. The summed E-state index contributed by atoms with van der Waals surface area (Å²) in [7, 11) is 0. The van der Waals surface area contributed by atoms with Crippen LogP contribution in [0.25, 0.3) is 10.9 Å². The van der Waals surface area contributed by atoms with Crippen molar-refractivity contribution in [2.24, 2.45) is 0 Å². The molecule has 2 aromatic rings. The van der Waals surface area contributed by atoms with Crippen LogP contribution in [0, 0.1) is 0 Å². The van der Waals surface area contributed by atoms with Crippen LogP contribution in [0.1, 0.15) is 6.42 Å². The van der Waals surface area contributed by atoms with Crippen molar-refractivity contribution >= 4 is 43.8 Å². The standard InChI is InChI=1S/C14H19AsClN3O/c15-14-12-10-11(16)2-3-13(12)19(17-14)5-1-4-18-6-8-20-9-7-18/h2-3,10H,1,4-9,15H2. The molecule has 1 atom stereocenters. The molecule has 20 heavy (non-hydrogen) atoms. The Morgan fingerprint density at radius 1 is 1.25 bits per heavy atom. The summed E-state index contributed by atoms with van der Waals surface area (Å²) in [6, 6.07) is 6.03. The Kier molecular flexibility index (Phi) is 4.67. The molecule has 0 bridgehead atoms. The maximum atomic E-state index is 6.06. The number of morpholine rings is 1. The van der Waals surface area contributed by atoms with E-state index < -0.39 is 0 Å². The number of halogens is 1. The van der Waals surface area contributed by atoms with Gasteiger partial charge in [0.15, 0.2) is 0 Å². The third kappa shape index (κ3) is 3.20. The molecule has 0 saturated carbocycles. The molecule has 1 fully saturated rings. The number of rotatable bonds is 4. The fourth-order valence-corrected chi connectivity index (χ4v) is 3.57. The first-order valence-electron chi connectivity index (χ1n) is 6.96. The summed E-state index contributed by atoms with van der Waals surface area (Å²) in [5.74, 6) is 0. The van der Waals surface area contributed by atoms with Crippen molar-refractivity contribution in [2.75, 3.05) is 32.8 Å². The summed E-state index contributed by atoms with van der Waals surface area (Å²) < 4.78 is 8.59. The van der Waals surface area contributed by atoms with Gasteiger partial charge in [0.05, 0.1) is 0 Å². The second kappa shape index (κ2) is 6.48. The molecule has 4 nitrogen and oxygen atoms in total. The minimum atomic E-state index is 0.782. The summed E-state index contributed by atoms with van der Waals surface area (Å²) in [5, 5.41) is 6.62. The summed E-state index contributed by atoms with van der Waals surface area (Å²) >= 11 is 7.61. The molecule has 1 aromatic carbocycles. The van der Waals surface area contributed by atoms with Gasteiger partial charge in [-0.15, -0.1) is 0 Å². The summed E-state index contributed by atoms with van der Waals surface area (Å²) in [4.78, 5) is 2.46. The fraction of sp³-hybridized carbons (Fsp3) is 0.500. The van der Waals surface area contributed by atoms with Gasteiger partial charge in [-0.2, -0.15) is 0 Å². The average molecular weight is 356 g/mol. The number of aromatic nitrogens is 2. The van der Waals surface area contributed by atoms with Crippen LogP contribution in [0.5, 0.6) is 0 Å². The normalized spacial score (nSPS) is 16.9. The Hall–Kier alpha value is -0.542. The number of nitrogens with zero attached hydrogens (tertiary/aromatic N) is 3. The van der Waals surface area contributed by atoms with Gasteiger partial charge in [0, 0.05) is 0 Å². The van der Waals surface area contributed by atoms with Gasteiger partial charge >= 0.3 is 132 Å². The molecule has 0 amide bonds. The summed E-state index contributed by atoms with van der Waals surface area (Å²) in [6.45, 7) is 5.91. The third-order valence-corrected chi connectivity index (χ3v) is 4.82. The molecule has 3 rings (SSSR count). The zero-order valence-electron chi connectivity index (χ0n) is 11.4. The van der Waals surface area contributed by atoms with Crippen molar-refractivity contribution in [1.82, 2.24) is 14.7 Å². The molecule has 1 aliphatic rings. The molecule has 0 N–H and O–H groups in total. The van der Waals surface area contributed by atoms with Crippen LogP contribution in [-0.4, -0.2) is 64.4 Å². The average Bonchev–Trinajstić information content (AvgIpc) is 2.76. The van der Waals surface area contributed by atoms with E-state index in [1.54, 1.807) is 16.9 Å². The van der Waals surface area contributed by atoms with E-state index in [1.807, 2.05) is 12.1 Å². The van der Waals surface area contributed by atoms with Crippen molar-refractivity contribution in [1.29, 1.82) is 0 Å². The van der Waals surface area contributed by atoms with Crippen molar-refractivity contribution in [3.63, 3.8) is 0 Å². The zero-order chi connectivity index (χ0) is 13.9. The second-order valence-corrected chi connectivity index (χ2v) is 6.66. The van der Waals surface area contributed by atoms with Gasteiger partial charge in [0.25, 0.3) is 0 Å². The number of fused-ring (bicyclic) bond motifs is 1. The van der Waals surface area contributed by atoms with Crippen LogP contribution in [0.2, 0.25) is 5.02 Å². The van der Waals surface area contributed by atoms with E-state index in [4.69, 9.17) is 16.3 Å². The van der Waals surface area contributed by atoms with E-state index in [-0.39, 0.29) is 0 Å². The monoisotopic (exact) mass is 355 g/mol.